The third-order valence-electron chi connectivity index (χ3n) is 8.10. The van der Waals surface area contributed by atoms with Crippen LogP contribution in [-0.2, 0) is 9.47 Å². The highest BCUT2D eigenvalue weighted by Crippen LogP contribution is 2.57. The Hall–Kier alpha value is -2.86. The number of pyridine rings is 1. The van der Waals surface area contributed by atoms with E-state index in [1.165, 1.54) is 0 Å². The zero-order valence-electron chi connectivity index (χ0n) is 23.7. The van der Waals surface area contributed by atoms with Crippen LogP contribution in [0.4, 0.5) is 19.0 Å². The number of halogens is 3. The first-order chi connectivity index (χ1) is 20.1. The summed E-state index contributed by atoms with van der Waals surface area (Å²) in [6, 6.07) is 5.71. The molecule has 0 atom stereocenters. The van der Waals surface area contributed by atoms with Crippen molar-refractivity contribution in [3.8, 4) is 11.8 Å². The average molecular weight is 616 g/mol. The van der Waals surface area contributed by atoms with E-state index in [0.717, 1.165) is 49.9 Å². The van der Waals surface area contributed by atoms with E-state index in [1.54, 1.807) is 23.8 Å². The number of thioether (sulfide) groups is 1. The standard InChI is InChI=1S/C30H33F3N5O2PS/c1-39-25-15-21(41(2)3)7-4-8-22(25)34-14-6-9-23-27(42-30(31,32)33)24-10-5-11-26(38(24)37-23)36-29-13-12-28(18-29,19-29)35-20-16-40-17-20/h4-5,8,10-11,15,20,34-36H,12-14,16-19H2,1-3H3. The minimum Gasteiger partial charge on any atom is -0.495 e. The van der Waals surface area contributed by atoms with Crippen molar-refractivity contribution in [2.45, 2.75) is 53.2 Å². The maximum absolute atomic E-state index is 13.6. The molecule has 2 bridgehead atoms. The van der Waals surface area contributed by atoms with Gasteiger partial charge in [-0.1, -0.05) is 19.9 Å². The molecule has 3 N–H and O–H groups in total. The van der Waals surface area contributed by atoms with Crippen molar-refractivity contribution in [2.75, 3.05) is 45.5 Å². The molecular weight excluding hydrogens is 582 g/mol. The number of nitrogens with one attached hydrogen (secondary N) is 3. The summed E-state index contributed by atoms with van der Waals surface area (Å²) < 4.78 is 53.4. The molecule has 0 amide bonds. The number of fused-ring (bicyclic) bond motifs is 2. The zero-order chi connectivity index (χ0) is 29.5. The molecule has 1 saturated heterocycles. The molecule has 3 heterocycles. The van der Waals surface area contributed by atoms with Gasteiger partial charge >= 0.3 is 5.51 Å². The Balaban J connectivity index is 1.21. The molecule has 7 rings (SSSR count). The highest BCUT2D eigenvalue weighted by Gasteiger charge is 2.61. The monoisotopic (exact) mass is 615 g/mol. The van der Waals surface area contributed by atoms with Crippen molar-refractivity contribution >= 4 is 31.0 Å². The van der Waals surface area contributed by atoms with Crippen LogP contribution in [-0.4, -0.2) is 72.4 Å². The molecule has 7 nitrogen and oxygen atoms in total. The molecule has 0 spiro atoms. The van der Waals surface area contributed by atoms with E-state index in [-0.39, 0.29) is 47.9 Å². The quantitative estimate of drug-likeness (QED) is 0.148. The zero-order valence-corrected chi connectivity index (χ0v) is 25.4. The van der Waals surface area contributed by atoms with Crippen molar-refractivity contribution in [2.24, 2.45) is 0 Å². The highest BCUT2D eigenvalue weighted by atomic mass is 32.2. The van der Waals surface area contributed by atoms with Crippen LogP contribution in [0.25, 0.3) is 5.52 Å². The molecule has 222 valence electrons. The smallest absolute Gasteiger partial charge is 0.446 e. The van der Waals surface area contributed by atoms with E-state index in [0.29, 0.717) is 23.1 Å². The van der Waals surface area contributed by atoms with Crippen LogP contribution in [0.5, 0.6) is 0 Å². The molecule has 0 radical (unpaired) electrons. The summed E-state index contributed by atoms with van der Waals surface area (Å²) in [6.45, 7) is 5.98. The Bertz CT molecular complexity index is 1570. The first-order valence-electron chi connectivity index (χ1n) is 13.8. The number of hydrogen-bond donors (Lipinski definition) is 3. The molecular formula is C30H33F3N5O2PS. The van der Waals surface area contributed by atoms with Crippen molar-refractivity contribution in [1.82, 2.24) is 20.2 Å². The fourth-order valence-corrected chi connectivity index (χ4v) is 7.63. The highest BCUT2D eigenvalue weighted by molar-refractivity contribution is 8.00. The lowest BCUT2D eigenvalue weighted by atomic mass is 9.70. The van der Waals surface area contributed by atoms with Gasteiger partial charge < -0.3 is 25.4 Å². The van der Waals surface area contributed by atoms with Gasteiger partial charge in [-0.25, -0.2) is 4.52 Å². The largest absolute Gasteiger partial charge is 0.495 e. The number of rotatable bonds is 9. The van der Waals surface area contributed by atoms with Gasteiger partial charge in [-0.2, -0.15) is 18.3 Å². The van der Waals surface area contributed by atoms with Gasteiger partial charge in [-0.3, -0.25) is 0 Å². The van der Waals surface area contributed by atoms with Gasteiger partial charge in [-0.05, 0) is 87.1 Å². The molecule has 0 unspecified atom stereocenters. The number of alkyl halides is 3. The van der Waals surface area contributed by atoms with E-state index in [2.05, 4.69) is 52.0 Å². The van der Waals surface area contributed by atoms with E-state index in [9.17, 15) is 13.2 Å². The summed E-state index contributed by atoms with van der Waals surface area (Å²) >= 11 is -0.176. The van der Waals surface area contributed by atoms with Gasteiger partial charge in [0.15, 0.2) is 0 Å². The van der Waals surface area contributed by atoms with Crippen LogP contribution in [0.2, 0.25) is 0 Å². The molecule has 12 heteroatoms. The summed E-state index contributed by atoms with van der Waals surface area (Å²) in [5.74, 6) is 7.18. The fraction of sp³-hybridized carbons (Fsp3) is 0.467. The van der Waals surface area contributed by atoms with Crippen molar-refractivity contribution in [1.29, 1.82) is 0 Å². The molecule has 3 saturated carbocycles. The molecule has 4 fully saturated rings. The van der Waals surface area contributed by atoms with E-state index < -0.39 is 5.51 Å². The maximum atomic E-state index is 13.6. The van der Waals surface area contributed by atoms with Gasteiger partial charge in [0, 0.05) is 16.4 Å². The summed E-state index contributed by atoms with van der Waals surface area (Å²) in [6.07, 6.45) is 9.62. The van der Waals surface area contributed by atoms with E-state index >= 15 is 0 Å². The van der Waals surface area contributed by atoms with Crippen LogP contribution in [0.3, 0.4) is 0 Å². The number of allylic oxidation sites excluding steroid dienone is 3. The molecule has 42 heavy (non-hydrogen) atoms. The lowest BCUT2D eigenvalue weighted by Crippen LogP contribution is -2.65. The maximum Gasteiger partial charge on any atom is 0.446 e. The Morgan fingerprint density at radius 2 is 2.02 bits per heavy atom. The van der Waals surface area contributed by atoms with Crippen molar-refractivity contribution in [3.63, 3.8) is 0 Å². The predicted molar refractivity (Wildman–Crippen MR) is 161 cm³/mol. The van der Waals surface area contributed by atoms with Gasteiger partial charge in [0.1, 0.15) is 17.3 Å². The van der Waals surface area contributed by atoms with Crippen molar-refractivity contribution < 1.29 is 22.6 Å². The normalized spacial score (nSPS) is 25.1. The predicted octanol–water partition coefficient (Wildman–Crippen LogP) is 5.56. The SMILES string of the molecule is COC1=CC(P(C)C)=C=CC=C1NCC#Cc1nn2c(NC34CCC(NC5COC5)(C3)C4)cccc2c1SC(F)(F)F. The number of hydrogen-bond acceptors (Lipinski definition) is 7. The second-order valence-corrected chi connectivity index (χ2v) is 14.7. The first kappa shape index (κ1) is 29.2. The summed E-state index contributed by atoms with van der Waals surface area (Å²) in [5, 5.41) is 16.2. The van der Waals surface area contributed by atoms with E-state index in [1.807, 2.05) is 24.3 Å². The molecule has 1 aliphatic heterocycles. The fourth-order valence-electron chi connectivity index (χ4n) is 6.24. The summed E-state index contributed by atoms with van der Waals surface area (Å²) in [4.78, 5) is -0.000593. The minimum atomic E-state index is -4.48. The Labute approximate surface area is 248 Å². The summed E-state index contributed by atoms with van der Waals surface area (Å²) in [7, 11) is 1.24. The Kier molecular flexibility index (Phi) is 7.88. The van der Waals surface area contributed by atoms with Crippen LogP contribution in [0.1, 0.15) is 31.4 Å². The second kappa shape index (κ2) is 11.3. The topological polar surface area (TPSA) is 71.9 Å². The third kappa shape index (κ3) is 5.97. The van der Waals surface area contributed by atoms with Crippen LogP contribution < -0.4 is 16.0 Å². The minimum absolute atomic E-state index is 0.000593. The van der Waals surface area contributed by atoms with Gasteiger partial charge in [0.2, 0.25) is 0 Å². The van der Waals surface area contributed by atoms with Crippen LogP contribution in [0.15, 0.2) is 63.8 Å². The second-order valence-electron chi connectivity index (χ2n) is 11.4. The number of methoxy groups -OCH3 is 1. The Morgan fingerprint density at radius 1 is 1.24 bits per heavy atom. The first-order valence-corrected chi connectivity index (χ1v) is 16.9. The number of ether oxygens (including phenoxy) is 2. The number of anilines is 1. The Morgan fingerprint density at radius 3 is 2.71 bits per heavy atom. The molecule has 4 aliphatic carbocycles. The number of aromatic nitrogens is 2. The third-order valence-corrected chi connectivity index (χ3v) is 10.2. The van der Waals surface area contributed by atoms with Gasteiger partial charge in [0.25, 0.3) is 0 Å². The lowest BCUT2D eigenvalue weighted by molar-refractivity contribution is -0.0327. The van der Waals surface area contributed by atoms with Crippen LogP contribution >= 0.6 is 19.7 Å². The van der Waals surface area contributed by atoms with Gasteiger partial charge in [-0.15, -0.1) is 5.73 Å². The molecule has 2 aromatic heterocycles. The average Bonchev–Trinajstić information content (AvgIpc) is 3.48. The summed E-state index contributed by atoms with van der Waals surface area (Å²) in [5.41, 5.74) is 0.00511. The number of nitrogens with zero attached hydrogens (tertiary/aromatic N) is 2. The van der Waals surface area contributed by atoms with Gasteiger partial charge in [0.05, 0.1) is 49.0 Å². The molecule has 5 aliphatic rings. The molecule has 0 aromatic carbocycles. The van der Waals surface area contributed by atoms with Crippen LogP contribution in [0, 0.1) is 11.8 Å². The van der Waals surface area contributed by atoms with E-state index in [4.69, 9.17) is 9.47 Å². The molecule has 2 aromatic rings. The van der Waals surface area contributed by atoms with Crippen molar-refractivity contribution in [3.05, 3.63) is 64.6 Å². The lowest BCUT2D eigenvalue weighted by Gasteiger charge is -2.51.